The Labute approximate surface area is 128 Å². The van der Waals surface area contributed by atoms with E-state index in [9.17, 15) is 4.79 Å². The molecule has 1 aromatic rings. The van der Waals surface area contributed by atoms with Crippen LogP contribution >= 0.6 is 15.9 Å². The molecule has 1 saturated carbocycles. The first kappa shape index (κ1) is 15.3. The summed E-state index contributed by atoms with van der Waals surface area (Å²) in [6.07, 6.45) is 4.59. The fourth-order valence-electron chi connectivity index (χ4n) is 2.59. The molecule has 1 amide bonds. The maximum atomic E-state index is 12.1. The van der Waals surface area contributed by atoms with E-state index < -0.39 is 0 Å². The van der Waals surface area contributed by atoms with Gasteiger partial charge < -0.3 is 15.3 Å². The number of carbonyl (C=O) groups excluding carboxylic acids is 1. The number of hydrogen-bond donors (Lipinski definition) is 2. The molecular formula is C15H21BrN2O2. The Morgan fingerprint density at radius 3 is 2.55 bits per heavy atom. The highest BCUT2D eigenvalue weighted by atomic mass is 79.9. The standard InChI is InChI=1S/C15H21BrN2O2/c16-12-5-7-14(8-6-12)18(9-10-19)11-15(20)17-13-3-1-2-4-13/h5-8,13,19H,1-4,9-11H2,(H,17,20). The molecule has 2 N–H and O–H groups in total. The van der Waals surface area contributed by atoms with Gasteiger partial charge in [0.25, 0.3) is 0 Å². The van der Waals surface area contributed by atoms with Crippen molar-refractivity contribution in [1.82, 2.24) is 5.32 Å². The van der Waals surface area contributed by atoms with Crippen molar-refractivity contribution in [2.45, 2.75) is 31.7 Å². The zero-order chi connectivity index (χ0) is 14.4. The molecule has 1 aromatic carbocycles. The number of benzene rings is 1. The van der Waals surface area contributed by atoms with E-state index >= 15 is 0 Å². The van der Waals surface area contributed by atoms with Gasteiger partial charge in [0.05, 0.1) is 13.2 Å². The summed E-state index contributed by atoms with van der Waals surface area (Å²) in [5, 5.41) is 12.2. The van der Waals surface area contributed by atoms with Crippen LogP contribution in [0.4, 0.5) is 5.69 Å². The molecule has 0 spiro atoms. The topological polar surface area (TPSA) is 52.6 Å². The molecule has 0 bridgehead atoms. The van der Waals surface area contributed by atoms with Crippen molar-refractivity contribution >= 4 is 27.5 Å². The maximum Gasteiger partial charge on any atom is 0.239 e. The number of anilines is 1. The summed E-state index contributed by atoms with van der Waals surface area (Å²) < 4.78 is 1.00. The Balaban J connectivity index is 1.93. The molecule has 1 fully saturated rings. The number of aliphatic hydroxyl groups excluding tert-OH is 1. The van der Waals surface area contributed by atoms with Crippen LogP contribution in [0.5, 0.6) is 0 Å². The highest BCUT2D eigenvalue weighted by Crippen LogP contribution is 2.19. The summed E-state index contributed by atoms with van der Waals surface area (Å²) in [7, 11) is 0. The van der Waals surface area contributed by atoms with E-state index in [1.807, 2.05) is 29.2 Å². The third-order valence-corrected chi connectivity index (χ3v) is 4.15. The predicted octanol–water partition coefficient (Wildman–Crippen LogP) is 2.31. The largest absolute Gasteiger partial charge is 0.395 e. The minimum absolute atomic E-state index is 0.0345. The molecule has 110 valence electrons. The first-order chi connectivity index (χ1) is 9.69. The summed E-state index contributed by atoms with van der Waals surface area (Å²) in [6, 6.07) is 8.11. The molecule has 0 aliphatic heterocycles. The van der Waals surface area contributed by atoms with Crippen molar-refractivity contribution in [3.05, 3.63) is 28.7 Å². The first-order valence-electron chi connectivity index (χ1n) is 7.10. The van der Waals surface area contributed by atoms with Crippen LogP contribution in [0, 0.1) is 0 Å². The van der Waals surface area contributed by atoms with E-state index in [1.165, 1.54) is 12.8 Å². The van der Waals surface area contributed by atoms with Crippen LogP contribution < -0.4 is 10.2 Å². The second-order valence-corrected chi connectivity index (χ2v) is 6.09. The number of nitrogens with zero attached hydrogens (tertiary/aromatic N) is 1. The number of carbonyl (C=O) groups is 1. The Bertz CT molecular complexity index is 430. The molecule has 20 heavy (non-hydrogen) atoms. The van der Waals surface area contributed by atoms with Crippen LogP contribution in [0.1, 0.15) is 25.7 Å². The normalized spacial score (nSPS) is 15.3. The van der Waals surface area contributed by atoms with E-state index in [0.717, 1.165) is 23.0 Å². The van der Waals surface area contributed by atoms with Crippen molar-refractivity contribution in [1.29, 1.82) is 0 Å². The number of nitrogens with one attached hydrogen (secondary N) is 1. The van der Waals surface area contributed by atoms with Crippen molar-refractivity contribution in [2.75, 3.05) is 24.6 Å². The summed E-state index contributed by atoms with van der Waals surface area (Å²) >= 11 is 3.40. The lowest BCUT2D eigenvalue weighted by atomic mass is 10.2. The lowest BCUT2D eigenvalue weighted by molar-refractivity contribution is -0.120. The van der Waals surface area contributed by atoms with Crippen molar-refractivity contribution in [3.8, 4) is 0 Å². The second kappa shape index (κ2) is 7.64. The maximum absolute atomic E-state index is 12.1. The van der Waals surface area contributed by atoms with Crippen molar-refractivity contribution in [2.24, 2.45) is 0 Å². The summed E-state index contributed by atoms with van der Waals surface area (Å²) in [4.78, 5) is 14.0. The van der Waals surface area contributed by atoms with Gasteiger partial charge in [-0.15, -0.1) is 0 Å². The van der Waals surface area contributed by atoms with Crippen LogP contribution in [0.2, 0.25) is 0 Å². The minimum atomic E-state index is 0.0345. The van der Waals surface area contributed by atoms with Gasteiger partial charge in [-0.1, -0.05) is 28.8 Å². The Morgan fingerprint density at radius 2 is 1.95 bits per heavy atom. The van der Waals surface area contributed by atoms with Gasteiger partial charge in [0.15, 0.2) is 0 Å². The molecule has 0 heterocycles. The highest BCUT2D eigenvalue weighted by molar-refractivity contribution is 9.10. The van der Waals surface area contributed by atoms with E-state index in [2.05, 4.69) is 21.2 Å². The minimum Gasteiger partial charge on any atom is -0.395 e. The molecule has 0 unspecified atom stereocenters. The molecule has 0 atom stereocenters. The van der Waals surface area contributed by atoms with Gasteiger partial charge in [0.1, 0.15) is 0 Å². The third-order valence-electron chi connectivity index (χ3n) is 3.62. The third kappa shape index (κ3) is 4.49. The van der Waals surface area contributed by atoms with Crippen LogP contribution in [0.3, 0.4) is 0 Å². The van der Waals surface area contributed by atoms with Crippen LogP contribution in [0.15, 0.2) is 28.7 Å². The Hall–Kier alpha value is -1.07. The quantitative estimate of drug-likeness (QED) is 0.835. The zero-order valence-corrected chi connectivity index (χ0v) is 13.1. The fourth-order valence-corrected chi connectivity index (χ4v) is 2.85. The first-order valence-corrected chi connectivity index (χ1v) is 7.89. The number of halogens is 1. The molecule has 1 aliphatic rings. The smallest absolute Gasteiger partial charge is 0.239 e. The van der Waals surface area contributed by atoms with Gasteiger partial charge in [0, 0.05) is 22.7 Å². The van der Waals surface area contributed by atoms with Gasteiger partial charge in [-0.05, 0) is 37.1 Å². The zero-order valence-electron chi connectivity index (χ0n) is 11.5. The number of amides is 1. The van der Waals surface area contributed by atoms with Crippen LogP contribution in [-0.2, 0) is 4.79 Å². The second-order valence-electron chi connectivity index (χ2n) is 5.17. The Morgan fingerprint density at radius 1 is 1.30 bits per heavy atom. The molecular weight excluding hydrogens is 320 g/mol. The van der Waals surface area contributed by atoms with Gasteiger partial charge in [-0.25, -0.2) is 0 Å². The molecule has 4 nitrogen and oxygen atoms in total. The lowest BCUT2D eigenvalue weighted by Gasteiger charge is -2.24. The number of aliphatic hydroxyl groups is 1. The van der Waals surface area contributed by atoms with E-state index in [0.29, 0.717) is 19.1 Å². The number of rotatable bonds is 6. The fraction of sp³-hybridized carbons (Fsp3) is 0.533. The molecule has 2 rings (SSSR count). The molecule has 0 radical (unpaired) electrons. The van der Waals surface area contributed by atoms with E-state index in [-0.39, 0.29) is 12.5 Å². The summed E-state index contributed by atoms with van der Waals surface area (Å²) in [6.45, 7) is 0.783. The van der Waals surface area contributed by atoms with Crippen LogP contribution in [0.25, 0.3) is 0 Å². The summed E-state index contributed by atoms with van der Waals surface area (Å²) in [5.74, 6) is 0.0354. The molecule has 0 aromatic heterocycles. The van der Waals surface area contributed by atoms with E-state index in [4.69, 9.17) is 5.11 Å². The Kier molecular flexibility index (Phi) is 5.86. The highest BCUT2D eigenvalue weighted by Gasteiger charge is 2.18. The monoisotopic (exact) mass is 340 g/mol. The van der Waals surface area contributed by atoms with E-state index in [1.54, 1.807) is 0 Å². The molecule has 0 saturated heterocycles. The number of hydrogen-bond acceptors (Lipinski definition) is 3. The molecule has 5 heteroatoms. The summed E-state index contributed by atoms with van der Waals surface area (Å²) in [5.41, 5.74) is 0.948. The molecule has 1 aliphatic carbocycles. The lowest BCUT2D eigenvalue weighted by Crippen LogP contribution is -2.42. The van der Waals surface area contributed by atoms with Crippen molar-refractivity contribution in [3.63, 3.8) is 0 Å². The van der Waals surface area contributed by atoms with Crippen molar-refractivity contribution < 1.29 is 9.90 Å². The average molecular weight is 341 g/mol. The average Bonchev–Trinajstić information content (AvgIpc) is 2.92. The predicted molar refractivity (Wildman–Crippen MR) is 83.8 cm³/mol. The SMILES string of the molecule is O=C(CN(CCO)c1ccc(Br)cc1)NC1CCCC1. The van der Waals surface area contributed by atoms with Gasteiger partial charge >= 0.3 is 0 Å². The van der Waals surface area contributed by atoms with Gasteiger partial charge in [-0.2, -0.15) is 0 Å². The van der Waals surface area contributed by atoms with Crippen LogP contribution in [-0.4, -0.2) is 36.8 Å². The van der Waals surface area contributed by atoms with Gasteiger partial charge in [-0.3, -0.25) is 4.79 Å². The van der Waals surface area contributed by atoms with Gasteiger partial charge in [0.2, 0.25) is 5.91 Å².